The van der Waals surface area contributed by atoms with Crippen LogP contribution in [-0.2, 0) is 23.7 Å². The molecule has 5 aliphatic heterocycles. The van der Waals surface area contributed by atoms with Crippen molar-refractivity contribution in [3.05, 3.63) is 0 Å². The molecular weight excluding hydrogens is 432 g/mol. The molecule has 4 N–H and O–H groups in total. The van der Waals surface area contributed by atoms with Crippen LogP contribution in [0.25, 0.3) is 0 Å². The Labute approximate surface area is 195 Å². The maximum atomic E-state index is 11.2. The fourth-order valence-corrected chi connectivity index (χ4v) is 6.76. The van der Waals surface area contributed by atoms with Crippen molar-refractivity contribution in [2.75, 3.05) is 13.2 Å². The molecule has 9 heteroatoms. The van der Waals surface area contributed by atoms with E-state index in [0.717, 1.165) is 19.3 Å². The zero-order chi connectivity index (χ0) is 23.5. The Bertz CT molecular complexity index is 714. The maximum Gasteiger partial charge on any atom is 0.200 e. The van der Waals surface area contributed by atoms with Crippen molar-refractivity contribution in [3.8, 4) is 0 Å². The molecule has 5 rings (SSSR count). The van der Waals surface area contributed by atoms with Crippen LogP contribution in [0.3, 0.4) is 0 Å². The summed E-state index contributed by atoms with van der Waals surface area (Å²) in [5.74, 6) is -2.85. The van der Waals surface area contributed by atoms with E-state index in [4.69, 9.17) is 23.7 Å². The van der Waals surface area contributed by atoms with E-state index in [1.54, 1.807) is 6.92 Å². The average Bonchev–Trinajstić information content (AvgIpc) is 3.27. The standard InChI is InChI=1S/C24H40O9/c1-15-12-23(31-18(14-26)20(32-23)19(15)27)13-17-4-3-7-22(29-17)9-10-24(33-22)21(2,28)8-5-16(30-24)6-11-25/h15-20,25-28H,3-14H2,1-2H3/t15-,16+,17-,18+,19-,20-,21-,22-,23-,24-/m0/s1. The van der Waals surface area contributed by atoms with E-state index in [2.05, 4.69) is 0 Å². The van der Waals surface area contributed by atoms with Gasteiger partial charge in [-0.25, -0.2) is 0 Å². The van der Waals surface area contributed by atoms with E-state index in [9.17, 15) is 20.4 Å². The highest BCUT2D eigenvalue weighted by Crippen LogP contribution is 2.54. The van der Waals surface area contributed by atoms with E-state index < -0.39 is 41.3 Å². The van der Waals surface area contributed by atoms with Crippen LogP contribution in [0.4, 0.5) is 0 Å². The Balaban J connectivity index is 1.29. The summed E-state index contributed by atoms with van der Waals surface area (Å²) in [4.78, 5) is 0. The largest absolute Gasteiger partial charge is 0.396 e. The average molecular weight is 473 g/mol. The SMILES string of the molecule is C[C@H]1C[C@@]2(C[C@@H]3CCC[C@]4(CC[C@]5(O[C@@H](CCO)CC[C@]5(C)O)O4)O3)O[C@H]([C@H]1O)[C@@H](CO)O2. The molecule has 0 aromatic heterocycles. The molecule has 33 heavy (non-hydrogen) atoms. The third-order valence-electron chi connectivity index (χ3n) is 8.59. The molecule has 5 aliphatic rings. The quantitative estimate of drug-likeness (QED) is 0.469. The first-order valence-electron chi connectivity index (χ1n) is 12.7. The Morgan fingerprint density at radius 3 is 2.52 bits per heavy atom. The van der Waals surface area contributed by atoms with Gasteiger partial charge in [0.2, 0.25) is 5.79 Å². The van der Waals surface area contributed by atoms with Crippen LogP contribution in [0.5, 0.6) is 0 Å². The molecule has 0 aliphatic carbocycles. The highest BCUT2D eigenvalue weighted by molar-refractivity contribution is 5.04. The third kappa shape index (κ3) is 4.17. The van der Waals surface area contributed by atoms with Crippen molar-refractivity contribution in [2.24, 2.45) is 5.92 Å². The molecule has 2 bridgehead atoms. The van der Waals surface area contributed by atoms with E-state index in [0.29, 0.717) is 44.9 Å². The lowest BCUT2D eigenvalue weighted by atomic mass is 9.83. The van der Waals surface area contributed by atoms with Gasteiger partial charge in [0.25, 0.3) is 0 Å². The predicted octanol–water partition coefficient (Wildman–Crippen LogP) is 1.33. The molecule has 2 spiro atoms. The lowest BCUT2D eigenvalue weighted by Crippen LogP contribution is -2.60. The van der Waals surface area contributed by atoms with Crippen molar-refractivity contribution in [1.82, 2.24) is 0 Å². The molecule has 0 aromatic rings. The summed E-state index contributed by atoms with van der Waals surface area (Å²) in [7, 11) is 0. The van der Waals surface area contributed by atoms with E-state index >= 15 is 0 Å². The Morgan fingerprint density at radius 2 is 1.76 bits per heavy atom. The van der Waals surface area contributed by atoms with Gasteiger partial charge in [0.05, 0.1) is 24.9 Å². The summed E-state index contributed by atoms with van der Waals surface area (Å²) in [6, 6.07) is 0. The van der Waals surface area contributed by atoms with E-state index in [1.807, 2.05) is 6.92 Å². The number of aliphatic hydroxyl groups is 4. The molecule has 5 heterocycles. The minimum Gasteiger partial charge on any atom is -0.396 e. The van der Waals surface area contributed by atoms with Crippen molar-refractivity contribution >= 4 is 0 Å². The summed E-state index contributed by atoms with van der Waals surface area (Å²) >= 11 is 0. The van der Waals surface area contributed by atoms with Gasteiger partial charge in [-0.3, -0.25) is 0 Å². The smallest absolute Gasteiger partial charge is 0.200 e. The Kier molecular flexibility index (Phi) is 6.37. The molecular formula is C24H40O9. The second-order valence-corrected chi connectivity index (χ2v) is 11.2. The second-order valence-electron chi connectivity index (χ2n) is 11.2. The Hall–Kier alpha value is -0.360. The minimum absolute atomic E-state index is 0.00181. The number of hydrogen-bond acceptors (Lipinski definition) is 9. The molecule has 0 amide bonds. The van der Waals surface area contributed by atoms with Crippen LogP contribution in [0.1, 0.15) is 78.1 Å². The summed E-state index contributed by atoms with van der Waals surface area (Å²) in [6.45, 7) is 3.59. The maximum absolute atomic E-state index is 11.2. The normalized spacial score (nSPS) is 54.4. The number of fused-ring (bicyclic) bond motifs is 2. The first kappa shape index (κ1) is 24.3. The van der Waals surface area contributed by atoms with Gasteiger partial charge in [0, 0.05) is 38.7 Å². The summed E-state index contributed by atoms with van der Waals surface area (Å²) < 4.78 is 31.7. The highest BCUT2D eigenvalue weighted by atomic mass is 16.8. The highest BCUT2D eigenvalue weighted by Gasteiger charge is 2.64. The summed E-state index contributed by atoms with van der Waals surface area (Å²) in [5, 5.41) is 40.8. The lowest BCUT2D eigenvalue weighted by Gasteiger charge is -2.50. The molecule has 5 fully saturated rings. The molecule has 0 saturated carbocycles. The lowest BCUT2D eigenvalue weighted by molar-refractivity contribution is -0.404. The molecule has 10 atom stereocenters. The molecule has 5 saturated heterocycles. The first-order chi connectivity index (χ1) is 15.6. The van der Waals surface area contributed by atoms with E-state index in [1.165, 1.54) is 0 Å². The van der Waals surface area contributed by atoms with Crippen LogP contribution in [0.15, 0.2) is 0 Å². The van der Waals surface area contributed by atoms with Gasteiger partial charge < -0.3 is 44.1 Å². The molecule has 9 nitrogen and oxygen atoms in total. The molecule has 190 valence electrons. The van der Waals surface area contributed by atoms with Crippen LogP contribution in [0.2, 0.25) is 0 Å². The number of ether oxygens (including phenoxy) is 5. The monoisotopic (exact) mass is 472 g/mol. The van der Waals surface area contributed by atoms with Gasteiger partial charge in [0.15, 0.2) is 11.6 Å². The zero-order valence-corrected chi connectivity index (χ0v) is 19.8. The van der Waals surface area contributed by atoms with Gasteiger partial charge >= 0.3 is 0 Å². The number of rotatable bonds is 5. The minimum atomic E-state index is -1.14. The molecule has 0 unspecified atom stereocenters. The summed E-state index contributed by atoms with van der Waals surface area (Å²) in [5.41, 5.74) is -1.13. The Morgan fingerprint density at radius 1 is 0.939 bits per heavy atom. The zero-order valence-electron chi connectivity index (χ0n) is 19.8. The molecule has 0 radical (unpaired) electrons. The van der Waals surface area contributed by atoms with Crippen molar-refractivity contribution in [2.45, 2.75) is 132 Å². The van der Waals surface area contributed by atoms with Crippen LogP contribution in [-0.4, -0.2) is 87.1 Å². The van der Waals surface area contributed by atoms with Gasteiger partial charge in [-0.15, -0.1) is 0 Å². The first-order valence-corrected chi connectivity index (χ1v) is 12.7. The summed E-state index contributed by atoms with van der Waals surface area (Å²) in [6.07, 6.45) is 4.37. The van der Waals surface area contributed by atoms with E-state index in [-0.39, 0.29) is 31.3 Å². The molecule has 0 aromatic carbocycles. The van der Waals surface area contributed by atoms with Gasteiger partial charge in [-0.2, -0.15) is 0 Å². The van der Waals surface area contributed by atoms with Gasteiger partial charge in [-0.1, -0.05) is 6.92 Å². The third-order valence-corrected chi connectivity index (χ3v) is 8.59. The second kappa shape index (κ2) is 8.64. The van der Waals surface area contributed by atoms with Crippen LogP contribution in [0, 0.1) is 5.92 Å². The topological polar surface area (TPSA) is 127 Å². The van der Waals surface area contributed by atoms with Crippen molar-refractivity contribution in [3.63, 3.8) is 0 Å². The van der Waals surface area contributed by atoms with Crippen molar-refractivity contribution in [1.29, 1.82) is 0 Å². The van der Waals surface area contributed by atoms with Crippen LogP contribution < -0.4 is 0 Å². The number of hydrogen-bond donors (Lipinski definition) is 4. The van der Waals surface area contributed by atoms with Crippen molar-refractivity contribution < 1.29 is 44.1 Å². The fourth-order valence-electron chi connectivity index (χ4n) is 6.76. The van der Waals surface area contributed by atoms with Gasteiger partial charge in [0.1, 0.15) is 17.8 Å². The van der Waals surface area contributed by atoms with Crippen LogP contribution >= 0.6 is 0 Å². The number of aliphatic hydroxyl groups excluding tert-OH is 3. The van der Waals surface area contributed by atoms with Gasteiger partial charge in [-0.05, 0) is 44.9 Å². The fraction of sp³-hybridized carbons (Fsp3) is 1.00. The predicted molar refractivity (Wildman–Crippen MR) is 115 cm³/mol.